The van der Waals surface area contributed by atoms with Crippen molar-refractivity contribution < 1.29 is 16.9 Å². The molecule has 0 spiro atoms. The standard InChI is InChI=1S/C8H16N.C8H8.C3H6.ClH/c1-5-7-9(3,4)8-6-2;1-2-8-6-4-3-5-7-8;1-3-2;/h5-6H,1-2,7-8H2,3-4H3;2-7H,1H2;3H,1H2,2H3;1H/q+1;;;/p-1. The Morgan fingerprint density at radius 3 is 1.52 bits per heavy atom. The molecule has 0 aliphatic rings. The van der Waals surface area contributed by atoms with E-state index in [4.69, 9.17) is 0 Å². The van der Waals surface area contributed by atoms with Crippen LogP contribution in [0.4, 0.5) is 0 Å². The van der Waals surface area contributed by atoms with Crippen LogP contribution in [0.1, 0.15) is 12.5 Å². The van der Waals surface area contributed by atoms with Gasteiger partial charge in [-0.15, -0.1) is 6.58 Å². The lowest BCUT2D eigenvalue weighted by atomic mass is 10.2. The van der Waals surface area contributed by atoms with E-state index in [9.17, 15) is 0 Å². The lowest BCUT2D eigenvalue weighted by molar-refractivity contribution is -0.878. The zero-order valence-corrected chi connectivity index (χ0v) is 14.5. The maximum absolute atomic E-state index is 3.68. The molecule has 0 atom stereocenters. The summed E-state index contributed by atoms with van der Waals surface area (Å²) in [4.78, 5) is 0. The third kappa shape index (κ3) is 18.4. The first-order valence-corrected chi connectivity index (χ1v) is 6.75. The summed E-state index contributed by atoms with van der Waals surface area (Å²) >= 11 is 0. The van der Waals surface area contributed by atoms with E-state index < -0.39 is 0 Å². The molecule has 0 saturated heterocycles. The molecule has 0 bridgehead atoms. The number of quaternary nitrogens is 1. The van der Waals surface area contributed by atoms with Crippen LogP contribution in [0.25, 0.3) is 6.08 Å². The molecule has 1 nitrogen and oxygen atoms in total. The lowest BCUT2D eigenvalue weighted by Crippen LogP contribution is -3.00. The molecule has 0 aromatic heterocycles. The van der Waals surface area contributed by atoms with Crippen molar-refractivity contribution in [3.63, 3.8) is 0 Å². The van der Waals surface area contributed by atoms with Crippen LogP contribution in [0.2, 0.25) is 0 Å². The topological polar surface area (TPSA) is 0 Å². The summed E-state index contributed by atoms with van der Waals surface area (Å²) in [6.45, 7) is 18.2. The van der Waals surface area contributed by atoms with Crippen LogP contribution in [-0.4, -0.2) is 31.7 Å². The van der Waals surface area contributed by atoms with Crippen molar-refractivity contribution >= 4 is 6.08 Å². The second kappa shape index (κ2) is 16.5. The van der Waals surface area contributed by atoms with Gasteiger partial charge >= 0.3 is 0 Å². The Morgan fingerprint density at radius 1 is 0.905 bits per heavy atom. The second-order valence-electron chi connectivity index (χ2n) is 4.90. The molecule has 1 aromatic carbocycles. The molecule has 2 heteroatoms. The Labute approximate surface area is 138 Å². The third-order valence-electron chi connectivity index (χ3n) is 2.28. The molecule has 0 aliphatic heterocycles. The van der Waals surface area contributed by atoms with Crippen molar-refractivity contribution in [2.24, 2.45) is 0 Å². The van der Waals surface area contributed by atoms with Crippen molar-refractivity contribution in [3.05, 3.63) is 80.4 Å². The van der Waals surface area contributed by atoms with Gasteiger partial charge in [-0.1, -0.05) is 62.2 Å². The average Bonchev–Trinajstić information content (AvgIpc) is 2.41. The zero-order valence-electron chi connectivity index (χ0n) is 13.8. The SMILES string of the molecule is C=CC.C=CC[N+](C)(C)CC=C.C=Cc1ccccc1.[Cl-]. The smallest absolute Gasteiger partial charge is 0.0969 e. The van der Waals surface area contributed by atoms with E-state index in [-0.39, 0.29) is 12.4 Å². The van der Waals surface area contributed by atoms with E-state index in [1.165, 1.54) is 5.56 Å². The molecule has 0 saturated carbocycles. The van der Waals surface area contributed by atoms with Crippen LogP contribution in [-0.2, 0) is 0 Å². The fourth-order valence-electron chi connectivity index (χ4n) is 1.36. The maximum Gasteiger partial charge on any atom is 0.0969 e. The van der Waals surface area contributed by atoms with E-state index in [0.717, 1.165) is 17.6 Å². The number of likely N-dealkylation sites (N-methyl/N-ethyl adjacent to an activating group) is 1. The summed E-state index contributed by atoms with van der Waals surface area (Å²) in [6.07, 6.45) is 7.45. The molecule has 0 heterocycles. The minimum atomic E-state index is 0. The van der Waals surface area contributed by atoms with E-state index in [0.29, 0.717) is 0 Å². The van der Waals surface area contributed by atoms with Crippen LogP contribution in [0.5, 0.6) is 0 Å². The first-order chi connectivity index (χ1) is 9.47. The highest BCUT2D eigenvalue weighted by atomic mass is 35.5. The zero-order chi connectivity index (χ0) is 15.9. The third-order valence-corrected chi connectivity index (χ3v) is 2.28. The number of rotatable bonds is 5. The molecule has 1 rings (SSSR count). The van der Waals surface area contributed by atoms with Gasteiger partial charge in [0.15, 0.2) is 0 Å². The van der Waals surface area contributed by atoms with Crippen LogP contribution >= 0.6 is 0 Å². The number of halogens is 1. The highest BCUT2D eigenvalue weighted by Crippen LogP contribution is 1.97. The van der Waals surface area contributed by atoms with Crippen molar-refractivity contribution in [2.75, 3.05) is 27.2 Å². The number of nitrogens with zero attached hydrogens (tertiary/aromatic N) is 1. The monoisotopic (exact) mass is 307 g/mol. The van der Waals surface area contributed by atoms with Gasteiger partial charge in [-0.3, -0.25) is 0 Å². The molecule has 0 aliphatic carbocycles. The Hall–Kier alpha value is -1.57. The molecule has 0 radical (unpaired) electrons. The van der Waals surface area contributed by atoms with Crippen LogP contribution in [0, 0.1) is 0 Å². The molecule has 0 amide bonds. The summed E-state index contributed by atoms with van der Waals surface area (Å²) < 4.78 is 0.951. The predicted octanol–water partition coefficient (Wildman–Crippen LogP) is 1.96. The van der Waals surface area contributed by atoms with E-state index >= 15 is 0 Å². The van der Waals surface area contributed by atoms with Crippen LogP contribution in [0.15, 0.2) is 74.9 Å². The van der Waals surface area contributed by atoms with Gasteiger partial charge in [0, 0.05) is 0 Å². The summed E-state index contributed by atoms with van der Waals surface area (Å²) in [6, 6.07) is 10.0. The Bertz CT molecular complexity index is 368. The maximum atomic E-state index is 3.68. The summed E-state index contributed by atoms with van der Waals surface area (Å²) in [7, 11) is 4.31. The number of hydrogen-bond acceptors (Lipinski definition) is 0. The van der Waals surface area contributed by atoms with Gasteiger partial charge in [0.2, 0.25) is 0 Å². The normalized spacial score (nSPS) is 8.52. The van der Waals surface area contributed by atoms with E-state index in [1.54, 1.807) is 6.08 Å². The van der Waals surface area contributed by atoms with Crippen LogP contribution in [0.3, 0.4) is 0 Å². The molecular formula is C19H30ClN. The van der Waals surface area contributed by atoms with E-state index in [2.05, 4.69) is 40.4 Å². The summed E-state index contributed by atoms with van der Waals surface area (Å²) in [5.74, 6) is 0. The van der Waals surface area contributed by atoms with Gasteiger partial charge in [0.25, 0.3) is 0 Å². The fourth-order valence-corrected chi connectivity index (χ4v) is 1.36. The quantitative estimate of drug-likeness (QED) is 0.576. The van der Waals surface area contributed by atoms with Crippen LogP contribution < -0.4 is 12.4 Å². The van der Waals surface area contributed by atoms with Crippen molar-refractivity contribution in [1.29, 1.82) is 0 Å². The fraction of sp³-hybridized carbons (Fsp3) is 0.263. The molecule has 0 N–H and O–H groups in total. The first kappa shape index (κ1) is 24.4. The lowest BCUT2D eigenvalue weighted by Gasteiger charge is -2.26. The number of hydrogen-bond donors (Lipinski definition) is 0. The minimum Gasteiger partial charge on any atom is -1.00 e. The molecule has 1 aromatic rings. The second-order valence-corrected chi connectivity index (χ2v) is 4.90. The molecular weight excluding hydrogens is 278 g/mol. The van der Waals surface area contributed by atoms with E-state index in [1.807, 2.05) is 55.5 Å². The number of allylic oxidation sites excluding steroid dienone is 1. The van der Waals surface area contributed by atoms with Gasteiger partial charge in [-0.2, -0.15) is 0 Å². The predicted molar refractivity (Wildman–Crippen MR) is 94.6 cm³/mol. The first-order valence-electron chi connectivity index (χ1n) is 6.75. The van der Waals surface area contributed by atoms with Gasteiger partial charge in [-0.05, 0) is 24.6 Å². The Morgan fingerprint density at radius 2 is 1.29 bits per heavy atom. The Kier molecular flexibility index (Phi) is 19.2. The van der Waals surface area contributed by atoms with Gasteiger partial charge < -0.3 is 16.9 Å². The summed E-state index contributed by atoms with van der Waals surface area (Å²) in [5.41, 5.74) is 1.17. The van der Waals surface area contributed by atoms with Crippen molar-refractivity contribution in [2.45, 2.75) is 6.92 Å². The highest BCUT2D eigenvalue weighted by Gasteiger charge is 2.07. The van der Waals surface area contributed by atoms with Crippen molar-refractivity contribution in [1.82, 2.24) is 0 Å². The van der Waals surface area contributed by atoms with Crippen molar-refractivity contribution in [3.8, 4) is 0 Å². The molecule has 0 fully saturated rings. The molecule has 118 valence electrons. The van der Waals surface area contributed by atoms with Gasteiger partial charge in [0.1, 0.15) is 0 Å². The highest BCUT2D eigenvalue weighted by molar-refractivity contribution is 5.45. The van der Waals surface area contributed by atoms with Gasteiger partial charge in [-0.25, -0.2) is 0 Å². The molecule has 21 heavy (non-hydrogen) atoms. The largest absolute Gasteiger partial charge is 1.00 e. The summed E-state index contributed by atoms with van der Waals surface area (Å²) in [5, 5.41) is 0. The molecule has 0 unspecified atom stereocenters. The van der Waals surface area contributed by atoms with Gasteiger partial charge in [0.05, 0.1) is 27.2 Å². The number of benzene rings is 1. The average molecular weight is 308 g/mol. The minimum absolute atomic E-state index is 0. The Balaban J connectivity index is -0.000000251.